The van der Waals surface area contributed by atoms with E-state index in [0.29, 0.717) is 0 Å². The van der Waals surface area contributed by atoms with Gasteiger partial charge >= 0.3 is 0 Å². The number of benzene rings is 1. The number of fused-ring (bicyclic) bond motifs is 1. The highest BCUT2D eigenvalue weighted by atomic mass is 16.5. The van der Waals surface area contributed by atoms with Gasteiger partial charge in [-0.1, -0.05) is 12.1 Å². The van der Waals surface area contributed by atoms with Crippen LogP contribution in [0.15, 0.2) is 18.2 Å². The Balaban J connectivity index is 1.90. The molecular weight excluding hydrogens is 200 g/mol. The molecule has 0 bridgehead atoms. The summed E-state index contributed by atoms with van der Waals surface area (Å²) in [6, 6.07) is 6.51. The predicted molar refractivity (Wildman–Crippen MR) is 65.9 cm³/mol. The monoisotopic (exact) mass is 220 g/mol. The summed E-state index contributed by atoms with van der Waals surface area (Å²) in [7, 11) is 1.97. The minimum absolute atomic E-state index is 0.868. The van der Waals surface area contributed by atoms with Crippen molar-refractivity contribution in [3.05, 3.63) is 29.3 Å². The molecule has 0 amide bonds. The van der Waals surface area contributed by atoms with Gasteiger partial charge in [-0.2, -0.15) is 0 Å². The van der Waals surface area contributed by atoms with Gasteiger partial charge in [0.15, 0.2) is 0 Å². The smallest absolute Gasteiger partial charge is 0.122 e. The van der Waals surface area contributed by atoms with Gasteiger partial charge in [-0.15, -0.1) is 0 Å². The number of nitrogens with one attached hydrogen (secondary N) is 2. The highest BCUT2D eigenvalue weighted by Crippen LogP contribution is 2.25. The van der Waals surface area contributed by atoms with Crippen LogP contribution in [0.4, 0.5) is 0 Å². The number of ether oxygens (including phenoxy) is 1. The van der Waals surface area contributed by atoms with E-state index in [2.05, 4.69) is 28.8 Å². The largest absolute Gasteiger partial charge is 0.493 e. The normalized spacial score (nSPS) is 14.3. The number of likely N-dealkylation sites (N-methyl/N-ethyl adjacent to an activating group) is 1. The third kappa shape index (κ3) is 2.97. The molecule has 0 spiro atoms. The number of rotatable bonds is 5. The highest BCUT2D eigenvalue weighted by Gasteiger charge is 2.09. The van der Waals surface area contributed by atoms with Gasteiger partial charge in [0.1, 0.15) is 5.75 Å². The SMILES string of the molecule is CNCCNCc1ccc2c(c1)CCCO2. The molecule has 1 aromatic carbocycles. The van der Waals surface area contributed by atoms with Crippen molar-refractivity contribution >= 4 is 0 Å². The van der Waals surface area contributed by atoms with E-state index in [1.165, 1.54) is 11.1 Å². The Morgan fingerprint density at radius 1 is 1.31 bits per heavy atom. The Kier molecular flexibility index (Phi) is 4.19. The third-order valence-electron chi connectivity index (χ3n) is 2.85. The molecule has 0 aromatic heterocycles. The second-order valence-corrected chi connectivity index (χ2v) is 4.17. The van der Waals surface area contributed by atoms with Crippen LogP contribution in [0, 0.1) is 0 Å². The molecule has 2 N–H and O–H groups in total. The first-order chi connectivity index (χ1) is 7.90. The Hall–Kier alpha value is -1.06. The minimum atomic E-state index is 0.868. The van der Waals surface area contributed by atoms with Gasteiger partial charge in [-0.25, -0.2) is 0 Å². The zero-order chi connectivity index (χ0) is 11.2. The van der Waals surface area contributed by atoms with Crippen LogP contribution in [0.3, 0.4) is 0 Å². The second kappa shape index (κ2) is 5.87. The molecule has 3 heteroatoms. The first kappa shape index (κ1) is 11.4. The fraction of sp³-hybridized carbons (Fsp3) is 0.538. The van der Waals surface area contributed by atoms with E-state index < -0.39 is 0 Å². The topological polar surface area (TPSA) is 33.3 Å². The van der Waals surface area contributed by atoms with Crippen molar-refractivity contribution in [2.45, 2.75) is 19.4 Å². The lowest BCUT2D eigenvalue weighted by Gasteiger charge is -2.18. The van der Waals surface area contributed by atoms with Crippen LogP contribution in [0.5, 0.6) is 5.75 Å². The molecule has 2 rings (SSSR count). The van der Waals surface area contributed by atoms with Crippen LogP contribution in [-0.2, 0) is 13.0 Å². The molecule has 0 radical (unpaired) electrons. The average Bonchev–Trinajstić information content (AvgIpc) is 2.34. The van der Waals surface area contributed by atoms with Crippen molar-refractivity contribution < 1.29 is 4.74 Å². The van der Waals surface area contributed by atoms with Crippen molar-refractivity contribution in [2.24, 2.45) is 0 Å². The fourth-order valence-corrected chi connectivity index (χ4v) is 1.97. The van der Waals surface area contributed by atoms with Gasteiger partial charge < -0.3 is 15.4 Å². The second-order valence-electron chi connectivity index (χ2n) is 4.17. The van der Waals surface area contributed by atoms with Crippen LogP contribution in [0.25, 0.3) is 0 Å². The number of hydrogen-bond donors (Lipinski definition) is 2. The molecule has 16 heavy (non-hydrogen) atoms. The maximum Gasteiger partial charge on any atom is 0.122 e. The quantitative estimate of drug-likeness (QED) is 0.734. The van der Waals surface area contributed by atoms with E-state index in [9.17, 15) is 0 Å². The summed E-state index contributed by atoms with van der Waals surface area (Å²) in [5.41, 5.74) is 2.71. The van der Waals surface area contributed by atoms with E-state index in [4.69, 9.17) is 4.74 Å². The summed E-state index contributed by atoms with van der Waals surface area (Å²) in [4.78, 5) is 0. The lowest BCUT2D eigenvalue weighted by molar-refractivity contribution is 0.288. The Labute approximate surface area is 97.2 Å². The third-order valence-corrected chi connectivity index (χ3v) is 2.85. The van der Waals surface area contributed by atoms with Gasteiger partial charge in [0.2, 0.25) is 0 Å². The summed E-state index contributed by atoms with van der Waals surface area (Å²) < 4.78 is 5.59. The molecule has 1 heterocycles. The molecule has 0 aliphatic carbocycles. The molecule has 0 atom stereocenters. The zero-order valence-corrected chi connectivity index (χ0v) is 9.88. The Morgan fingerprint density at radius 2 is 2.25 bits per heavy atom. The maximum absolute atomic E-state index is 5.59. The molecule has 1 aromatic rings. The molecule has 88 valence electrons. The molecule has 0 saturated carbocycles. The molecule has 0 unspecified atom stereocenters. The number of hydrogen-bond acceptors (Lipinski definition) is 3. The van der Waals surface area contributed by atoms with Crippen molar-refractivity contribution in [1.82, 2.24) is 10.6 Å². The fourth-order valence-electron chi connectivity index (χ4n) is 1.97. The minimum Gasteiger partial charge on any atom is -0.493 e. The first-order valence-corrected chi connectivity index (χ1v) is 6.00. The van der Waals surface area contributed by atoms with E-state index in [1.54, 1.807) is 0 Å². The molecule has 1 aliphatic heterocycles. The molecule has 3 nitrogen and oxygen atoms in total. The van der Waals surface area contributed by atoms with Crippen LogP contribution < -0.4 is 15.4 Å². The van der Waals surface area contributed by atoms with Crippen molar-refractivity contribution in [3.8, 4) is 5.75 Å². The summed E-state index contributed by atoms with van der Waals surface area (Å²) in [6.07, 6.45) is 2.29. The first-order valence-electron chi connectivity index (χ1n) is 6.00. The number of aryl methyl sites for hydroxylation is 1. The average molecular weight is 220 g/mol. The molecular formula is C13H20N2O. The van der Waals surface area contributed by atoms with Gasteiger partial charge in [0.05, 0.1) is 6.61 Å². The standard InChI is InChI=1S/C13H20N2O/c1-14-6-7-15-10-11-4-5-13-12(9-11)3-2-8-16-13/h4-5,9,14-15H,2-3,6-8,10H2,1H3. The van der Waals surface area contributed by atoms with Crippen molar-refractivity contribution in [2.75, 3.05) is 26.7 Å². The van der Waals surface area contributed by atoms with Crippen molar-refractivity contribution in [1.29, 1.82) is 0 Å². The summed E-state index contributed by atoms with van der Waals surface area (Å²) in [6.45, 7) is 3.82. The summed E-state index contributed by atoms with van der Waals surface area (Å²) >= 11 is 0. The zero-order valence-electron chi connectivity index (χ0n) is 9.88. The van der Waals surface area contributed by atoms with E-state index in [0.717, 1.165) is 44.8 Å². The summed E-state index contributed by atoms with van der Waals surface area (Å²) in [5, 5.41) is 6.53. The van der Waals surface area contributed by atoms with E-state index in [-0.39, 0.29) is 0 Å². The lowest BCUT2D eigenvalue weighted by Crippen LogP contribution is -2.24. The van der Waals surface area contributed by atoms with Crippen LogP contribution >= 0.6 is 0 Å². The lowest BCUT2D eigenvalue weighted by atomic mass is 10.0. The van der Waals surface area contributed by atoms with Crippen LogP contribution in [0.1, 0.15) is 17.5 Å². The van der Waals surface area contributed by atoms with Crippen LogP contribution in [0.2, 0.25) is 0 Å². The Bertz CT molecular complexity index is 339. The molecule has 0 saturated heterocycles. The van der Waals surface area contributed by atoms with Gasteiger partial charge in [-0.3, -0.25) is 0 Å². The highest BCUT2D eigenvalue weighted by molar-refractivity contribution is 5.38. The van der Waals surface area contributed by atoms with Gasteiger partial charge in [-0.05, 0) is 37.1 Å². The van der Waals surface area contributed by atoms with E-state index in [1.807, 2.05) is 7.05 Å². The summed E-state index contributed by atoms with van der Waals surface area (Å²) in [5.74, 6) is 1.07. The van der Waals surface area contributed by atoms with Crippen LogP contribution in [-0.4, -0.2) is 26.7 Å². The van der Waals surface area contributed by atoms with Gasteiger partial charge in [0.25, 0.3) is 0 Å². The molecule has 0 fully saturated rings. The molecule has 1 aliphatic rings. The Morgan fingerprint density at radius 3 is 3.12 bits per heavy atom. The van der Waals surface area contributed by atoms with Crippen molar-refractivity contribution in [3.63, 3.8) is 0 Å². The predicted octanol–water partition coefficient (Wildman–Crippen LogP) is 1.32. The van der Waals surface area contributed by atoms with Gasteiger partial charge in [0, 0.05) is 19.6 Å². The maximum atomic E-state index is 5.59. The van der Waals surface area contributed by atoms with E-state index >= 15 is 0 Å².